The topological polar surface area (TPSA) is 111 Å². The molecule has 0 fully saturated rings. The van der Waals surface area contributed by atoms with Crippen LogP contribution < -0.4 is 11.1 Å². The van der Waals surface area contributed by atoms with Crippen molar-refractivity contribution in [3.8, 4) is 0 Å². The van der Waals surface area contributed by atoms with Gasteiger partial charge in [0.1, 0.15) is 5.82 Å². The fourth-order valence-electron chi connectivity index (χ4n) is 1.30. The average molecular weight is 287 g/mol. The summed E-state index contributed by atoms with van der Waals surface area (Å²) in [5.41, 5.74) is 6.13. The van der Waals surface area contributed by atoms with Gasteiger partial charge in [-0.15, -0.1) is 0 Å². The molecule has 0 saturated carbocycles. The van der Waals surface area contributed by atoms with E-state index in [9.17, 15) is 13.2 Å². The summed E-state index contributed by atoms with van der Waals surface area (Å²) in [5, 5.41) is 2.80. The van der Waals surface area contributed by atoms with Crippen LogP contribution in [0.5, 0.6) is 0 Å². The van der Waals surface area contributed by atoms with Crippen LogP contribution in [0, 0.1) is 0 Å². The number of hydrogen-bond acceptors (Lipinski definition) is 7. The Morgan fingerprint density at radius 2 is 2.16 bits per heavy atom. The van der Waals surface area contributed by atoms with Crippen LogP contribution in [0.3, 0.4) is 0 Å². The molecule has 0 aliphatic rings. The van der Waals surface area contributed by atoms with Gasteiger partial charge < -0.3 is 15.8 Å². The standard InChI is InChI=1S/C11H17N3O4S/c1-3-19(16,17)7-6-13-10-8(12)4-5-9(14-10)11(15)18-2/h4-5H,3,6-7,12H2,1-2H3,(H,13,14). The van der Waals surface area contributed by atoms with E-state index in [0.717, 1.165) is 0 Å². The van der Waals surface area contributed by atoms with Crippen LogP contribution in [0.25, 0.3) is 0 Å². The molecule has 0 atom stereocenters. The van der Waals surface area contributed by atoms with Crippen LogP contribution in [0.2, 0.25) is 0 Å². The van der Waals surface area contributed by atoms with Crippen molar-refractivity contribution in [1.29, 1.82) is 0 Å². The number of nitrogens with zero attached hydrogens (tertiary/aromatic N) is 1. The molecule has 1 aromatic heterocycles. The van der Waals surface area contributed by atoms with E-state index in [0.29, 0.717) is 5.69 Å². The fourth-order valence-corrected chi connectivity index (χ4v) is 2.00. The van der Waals surface area contributed by atoms with E-state index in [1.54, 1.807) is 6.92 Å². The van der Waals surface area contributed by atoms with Crippen molar-refractivity contribution in [2.75, 3.05) is 36.2 Å². The lowest BCUT2D eigenvalue weighted by molar-refractivity contribution is 0.0594. The molecule has 7 nitrogen and oxygen atoms in total. The number of carbonyl (C=O) groups is 1. The van der Waals surface area contributed by atoms with E-state index in [2.05, 4.69) is 15.0 Å². The number of hydrogen-bond donors (Lipinski definition) is 2. The Bertz CT molecular complexity index is 557. The minimum atomic E-state index is -3.06. The Morgan fingerprint density at radius 3 is 2.74 bits per heavy atom. The molecule has 1 rings (SSSR count). The fraction of sp³-hybridized carbons (Fsp3) is 0.455. The largest absolute Gasteiger partial charge is 0.464 e. The summed E-state index contributed by atoms with van der Waals surface area (Å²) in [6.45, 7) is 1.76. The molecule has 0 aromatic carbocycles. The summed E-state index contributed by atoms with van der Waals surface area (Å²) in [7, 11) is -1.81. The molecule has 1 heterocycles. The zero-order valence-electron chi connectivity index (χ0n) is 10.8. The number of nitrogens with two attached hydrogens (primary N) is 1. The monoisotopic (exact) mass is 287 g/mol. The molecule has 106 valence electrons. The van der Waals surface area contributed by atoms with E-state index in [-0.39, 0.29) is 29.6 Å². The van der Waals surface area contributed by atoms with Crippen molar-refractivity contribution < 1.29 is 17.9 Å². The maximum Gasteiger partial charge on any atom is 0.356 e. The maximum atomic E-state index is 11.3. The molecular weight excluding hydrogens is 270 g/mol. The zero-order chi connectivity index (χ0) is 14.5. The Kier molecular flexibility index (Phi) is 5.11. The van der Waals surface area contributed by atoms with Gasteiger partial charge in [0.2, 0.25) is 0 Å². The van der Waals surface area contributed by atoms with Gasteiger partial charge in [0, 0.05) is 12.3 Å². The second kappa shape index (κ2) is 6.37. The highest BCUT2D eigenvalue weighted by Gasteiger charge is 2.11. The zero-order valence-corrected chi connectivity index (χ0v) is 11.7. The summed E-state index contributed by atoms with van der Waals surface area (Å²) >= 11 is 0. The van der Waals surface area contributed by atoms with Crippen LogP contribution >= 0.6 is 0 Å². The number of ether oxygens (including phenoxy) is 1. The van der Waals surface area contributed by atoms with Gasteiger partial charge in [-0.05, 0) is 12.1 Å². The van der Waals surface area contributed by atoms with Crippen molar-refractivity contribution in [2.45, 2.75) is 6.92 Å². The number of nitrogens with one attached hydrogen (secondary N) is 1. The van der Waals surface area contributed by atoms with Crippen molar-refractivity contribution in [2.24, 2.45) is 0 Å². The lowest BCUT2D eigenvalue weighted by Crippen LogP contribution is -2.19. The highest BCUT2D eigenvalue weighted by Crippen LogP contribution is 2.15. The number of carbonyl (C=O) groups excluding carboxylic acids is 1. The maximum absolute atomic E-state index is 11.3. The molecule has 0 spiro atoms. The van der Waals surface area contributed by atoms with Gasteiger partial charge in [0.25, 0.3) is 0 Å². The van der Waals surface area contributed by atoms with Gasteiger partial charge >= 0.3 is 5.97 Å². The molecule has 0 aliphatic carbocycles. The number of sulfone groups is 1. The van der Waals surface area contributed by atoms with Gasteiger partial charge in [-0.1, -0.05) is 6.92 Å². The second-order valence-electron chi connectivity index (χ2n) is 3.79. The number of anilines is 2. The number of methoxy groups -OCH3 is 1. The van der Waals surface area contributed by atoms with Crippen molar-refractivity contribution in [3.05, 3.63) is 17.8 Å². The summed E-state index contributed by atoms with van der Waals surface area (Å²) in [4.78, 5) is 15.3. The molecule has 0 amide bonds. The first-order valence-electron chi connectivity index (χ1n) is 5.68. The molecule has 1 aromatic rings. The number of pyridine rings is 1. The summed E-state index contributed by atoms with van der Waals surface area (Å²) in [6, 6.07) is 2.95. The lowest BCUT2D eigenvalue weighted by atomic mass is 10.3. The molecular formula is C11H17N3O4S. The van der Waals surface area contributed by atoms with E-state index in [1.807, 2.05) is 0 Å². The van der Waals surface area contributed by atoms with Crippen LogP contribution in [-0.2, 0) is 14.6 Å². The summed E-state index contributed by atoms with van der Waals surface area (Å²) in [6.07, 6.45) is 0. The van der Waals surface area contributed by atoms with Crippen molar-refractivity contribution in [3.63, 3.8) is 0 Å². The number of aromatic nitrogens is 1. The van der Waals surface area contributed by atoms with E-state index >= 15 is 0 Å². The molecule has 0 saturated heterocycles. The Labute approximate surface area is 112 Å². The number of rotatable bonds is 6. The number of esters is 1. The third kappa shape index (κ3) is 4.40. The molecule has 0 bridgehead atoms. The molecule has 0 unspecified atom stereocenters. The van der Waals surface area contributed by atoms with Gasteiger partial charge in [-0.25, -0.2) is 18.2 Å². The molecule has 8 heteroatoms. The van der Waals surface area contributed by atoms with Gasteiger partial charge in [0.05, 0.1) is 18.6 Å². The van der Waals surface area contributed by atoms with E-state index in [4.69, 9.17) is 5.73 Å². The van der Waals surface area contributed by atoms with Gasteiger partial charge in [-0.2, -0.15) is 0 Å². The minimum Gasteiger partial charge on any atom is -0.464 e. The summed E-state index contributed by atoms with van der Waals surface area (Å²) < 4.78 is 27.2. The number of nitrogen functional groups attached to an aromatic ring is 1. The first kappa shape index (κ1) is 15.2. The lowest BCUT2D eigenvalue weighted by Gasteiger charge is -2.09. The SMILES string of the molecule is CCS(=O)(=O)CCNc1nc(C(=O)OC)ccc1N. The predicted molar refractivity (Wildman–Crippen MR) is 72.8 cm³/mol. The Hall–Kier alpha value is -1.83. The van der Waals surface area contributed by atoms with E-state index in [1.165, 1.54) is 19.2 Å². The minimum absolute atomic E-state index is 0.0208. The molecule has 3 N–H and O–H groups in total. The molecule has 0 aliphatic heterocycles. The normalized spacial score (nSPS) is 11.1. The van der Waals surface area contributed by atoms with Crippen LogP contribution in [0.15, 0.2) is 12.1 Å². The average Bonchev–Trinajstić information content (AvgIpc) is 2.40. The van der Waals surface area contributed by atoms with E-state index < -0.39 is 15.8 Å². The predicted octanol–water partition coefficient (Wildman–Crippen LogP) is 0.297. The highest BCUT2D eigenvalue weighted by atomic mass is 32.2. The molecule has 0 radical (unpaired) electrons. The molecule has 19 heavy (non-hydrogen) atoms. The first-order valence-corrected chi connectivity index (χ1v) is 7.51. The smallest absolute Gasteiger partial charge is 0.356 e. The first-order chi connectivity index (χ1) is 8.89. The van der Waals surface area contributed by atoms with Crippen molar-refractivity contribution in [1.82, 2.24) is 4.98 Å². The van der Waals surface area contributed by atoms with Gasteiger partial charge in [-0.3, -0.25) is 0 Å². The third-order valence-electron chi connectivity index (χ3n) is 2.47. The Morgan fingerprint density at radius 1 is 1.47 bits per heavy atom. The summed E-state index contributed by atoms with van der Waals surface area (Å²) in [5.74, 6) is -0.245. The van der Waals surface area contributed by atoms with Crippen LogP contribution in [-0.4, -0.2) is 44.5 Å². The van der Waals surface area contributed by atoms with Crippen LogP contribution in [0.1, 0.15) is 17.4 Å². The Balaban J connectivity index is 2.75. The second-order valence-corrected chi connectivity index (χ2v) is 6.26. The van der Waals surface area contributed by atoms with Crippen LogP contribution in [0.4, 0.5) is 11.5 Å². The van der Waals surface area contributed by atoms with Gasteiger partial charge in [0.15, 0.2) is 15.5 Å². The highest BCUT2D eigenvalue weighted by molar-refractivity contribution is 7.91. The van der Waals surface area contributed by atoms with Crippen molar-refractivity contribution >= 4 is 27.3 Å². The third-order valence-corrected chi connectivity index (χ3v) is 4.17. The quantitative estimate of drug-likeness (QED) is 0.723.